The zero-order valence-electron chi connectivity index (χ0n) is 16.1. The van der Waals surface area contributed by atoms with Crippen molar-refractivity contribution in [2.24, 2.45) is 5.92 Å². The average molecular weight is 508 g/mol. The molecule has 1 aliphatic carbocycles. The Kier molecular flexibility index (Phi) is 8.55. The average Bonchev–Trinajstić information content (AvgIpc) is 2.69. The fraction of sp³-hybridized carbons (Fsp3) is 0.333. The topological polar surface area (TPSA) is 66.4 Å². The standard InChI is InChI=1S/C20H17BrF5NO.CH2O2/c21-14-5-6-15(16(22)10-14)11-2-1-3-12(8-11)19(28)27-18-7-4-13(9-17(18)23)20(24,25)26;2-1-3/h4-7,9-12H,1-3,8H2,(H,27,28);1H,(H,2,3). The molecule has 1 fully saturated rings. The molecule has 0 aromatic heterocycles. The van der Waals surface area contributed by atoms with Crippen molar-refractivity contribution in [2.45, 2.75) is 37.8 Å². The van der Waals surface area contributed by atoms with Crippen molar-refractivity contribution < 1.29 is 36.6 Å². The monoisotopic (exact) mass is 507 g/mol. The molecular formula is C21H19BrF5NO3. The lowest BCUT2D eigenvalue weighted by molar-refractivity contribution is -0.137. The lowest BCUT2D eigenvalue weighted by Gasteiger charge is -2.29. The summed E-state index contributed by atoms with van der Waals surface area (Å²) in [6, 6.07) is 6.77. The highest BCUT2D eigenvalue weighted by molar-refractivity contribution is 9.10. The predicted octanol–water partition coefficient (Wildman–Crippen LogP) is 6.36. The molecule has 0 bridgehead atoms. The molecule has 168 valence electrons. The maximum atomic E-state index is 14.2. The molecule has 0 heterocycles. The van der Waals surface area contributed by atoms with Gasteiger partial charge < -0.3 is 10.4 Å². The molecule has 0 radical (unpaired) electrons. The van der Waals surface area contributed by atoms with Crippen molar-refractivity contribution in [1.82, 2.24) is 0 Å². The molecule has 4 nitrogen and oxygen atoms in total. The summed E-state index contributed by atoms with van der Waals surface area (Å²) in [5, 5.41) is 9.26. The van der Waals surface area contributed by atoms with E-state index in [4.69, 9.17) is 9.90 Å². The number of anilines is 1. The van der Waals surface area contributed by atoms with Crippen molar-refractivity contribution in [2.75, 3.05) is 5.32 Å². The summed E-state index contributed by atoms with van der Waals surface area (Å²) < 4.78 is 66.7. The van der Waals surface area contributed by atoms with Crippen LogP contribution in [0.5, 0.6) is 0 Å². The quantitative estimate of drug-likeness (QED) is 0.375. The fourth-order valence-corrected chi connectivity index (χ4v) is 3.90. The molecule has 2 aromatic rings. The minimum atomic E-state index is -4.66. The predicted molar refractivity (Wildman–Crippen MR) is 108 cm³/mol. The number of nitrogens with one attached hydrogen (secondary N) is 1. The highest BCUT2D eigenvalue weighted by Crippen LogP contribution is 2.38. The molecule has 3 rings (SSSR count). The van der Waals surface area contributed by atoms with E-state index in [9.17, 15) is 26.7 Å². The lowest BCUT2D eigenvalue weighted by atomic mass is 9.77. The van der Waals surface area contributed by atoms with Crippen LogP contribution in [0.1, 0.15) is 42.7 Å². The van der Waals surface area contributed by atoms with Crippen molar-refractivity contribution in [3.8, 4) is 0 Å². The molecule has 2 atom stereocenters. The maximum Gasteiger partial charge on any atom is 0.416 e. The number of hydrogen-bond acceptors (Lipinski definition) is 2. The van der Waals surface area contributed by atoms with Crippen LogP contribution < -0.4 is 5.32 Å². The maximum absolute atomic E-state index is 14.2. The molecule has 2 unspecified atom stereocenters. The first-order chi connectivity index (χ1) is 14.6. The van der Waals surface area contributed by atoms with Gasteiger partial charge in [0.15, 0.2) is 0 Å². The minimum absolute atomic E-state index is 0.143. The van der Waals surface area contributed by atoms with Gasteiger partial charge in [0.1, 0.15) is 11.6 Å². The van der Waals surface area contributed by atoms with Crippen molar-refractivity contribution in [1.29, 1.82) is 0 Å². The van der Waals surface area contributed by atoms with Gasteiger partial charge in [-0.05, 0) is 61.1 Å². The Hall–Kier alpha value is -2.49. The Morgan fingerprint density at radius 3 is 2.35 bits per heavy atom. The Bertz CT molecular complexity index is 936. The van der Waals surface area contributed by atoms with Gasteiger partial charge in [-0.1, -0.05) is 28.4 Å². The number of hydrogen-bond donors (Lipinski definition) is 2. The van der Waals surface area contributed by atoms with Gasteiger partial charge in [-0.2, -0.15) is 13.2 Å². The molecule has 0 aliphatic heterocycles. The first-order valence-corrected chi connectivity index (χ1v) is 10.1. The number of amides is 1. The van der Waals surface area contributed by atoms with E-state index in [0.29, 0.717) is 35.4 Å². The van der Waals surface area contributed by atoms with Crippen LogP contribution in [-0.2, 0) is 15.8 Å². The Balaban J connectivity index is 0.00000107. The molecule has 1 aliphatic rings. The number of halogens is 6. The van der Waals surface area contributed by atoms with Gasteiger partial charge in [0, 0.05) is 10.4 Å². The zero-order chi connectivity index (χ0) is 23.2. The van der Waals surface area contributed by atoms with Crippen molar-refractivity contribution >= 4 is 34.0 Å². The van der Waals surface area contributed by atoms with Gasteiger partial charge in [-0.25, -0.2) is 8.78 Å². The summed E-state index contributed by atoms with van der Waals surface area (Å²) in [5.41, 5.74) is -0.886. The fourth-order valence-electron chi connectivity index (χ4n) is 3.57. The highest BCUT2D eigenvalue weighted by Gasteiger charge is 2.32. The van der Waals surface area contributed by atoms with E-state index >= 15 is 0 Å². The smallest absolute Gasteiger partial charge is 0.416 e. The van der Waals surface area contributed by atoms with Crippen LogP contribution in [0.3, 0.4) is 0 Å². The first kappa shape index (κ1) is 24.8. The van der Waals surface area contributed by atoms with Gasteiger partial charge in [-0.15, -0.1) is 0 Å². The van der Waals surface area contributed by atoms with Gasteiger partial charge in [0.05, 0.1) is 11.3 Å². The summed E-state index contributed by atoms with van der Waals surface area (Å²) >= 11 is 3.21. The Morgan fingerprint density at radius 2 is 1.77 bits per heavy atom. The number of alkyl halides is 3. The van der Waals surface area contributed by atoms with Crippen LogP contribution in [-0.4, -0.2) is 17.5 Å². The van der Waals surface area contributed by atoms with Gasteiger partial charge in [-0.3, -0.25) is 9.59 Å². The number of carbonyl (C=O) groups excluding carboxylic acids is 1. The molecule has 1 saturated carbocycles. The largest absolute Gasteiger partial charge is 0.483 e. The van der Waals surface area contributed by atoms with Crippen LogP contribution in [0.2, 0.25) is 0 Å². The van der Waals surface area contributed by atoms with E-state index in [0.717, 1.165) is 18.6 Å². The Morgan fingerprint density at radius 1 is 1.10 bits per heavy atom. The van der Waals surface area contributed by atoms with Crippen molar-refractivity contribution in [3.05, 3.63) is 63.6 Å². The van der Waals surface area contributed by atoms with E-state index < -0.39 is 29.4 Å². The second-order valence-electron chi connectivity index (χ2n) is 7.01. The van der Waals surface area contributed by atoms with Crippen LogP contribution in [0, 0.1) is 17.6 Å². The SMILES string of the molecule is O=C(Nc1ccc(C(F)(F)F)cc1F)C1CCCC(c2ccc(Br)cc2F)C1.O=CO. The molecule has 10 heteroatoms. The summed E-state index contributed by atoms with van der Waals surface area (Å²) in [6.07, 6.45) is -2.27. The first-order valence-electron chi connectivity index (χ1n) is 9.27. The number of carbonyl (C=O) groups is 2. The summed E-state index contributed by atoms with van der Waals surface area (Å²) in [7, 11) is 0. The third-order valence-electron chi connectivity index (χ3n) is 5.00. The molecule has 0 spiro atoms. The number of carboxylic acid groups (broad SMARTS) is 1. The molecule has 0 saturated heterocycles. The molecule has 2 N–H and O–H groups in total. The zero-order valence-corrected chi connectivity index (χ0v) is 17.6. The van der Waals surface area contributed by atoms with E-state index in [-0.39, 0.29) is 23.9 Å². The molecule has 31 heavy (non-hydrogen) atoms. The molecule has 1 amide bonds. The normalized spacial score (nSPS) is 18.5. The highest BCUT2D eigenvalue weighted by atomic mass is 79.9. The van der Waals surface area contributed by atoms with Crippen LogP contribution >= 0.6 is 15.9 Å². The second kappa shape index (κ2) is 10.7. The van der Waals surface area contributed by atoms with Crippen LogP contribution in [0.15, 0.2) is 40.9 Å². The second-order valence-corrected chi connectivity index (χ2v) is 7.93. The van der Waals surface area contributed by atoms with E-state index in [2.05, 4.69) is 21.2 Å². The van der Waals surface area contributed by atoms with Crippen LogP contribution in [0.4, 0.5) is 27.6 Å². The summed E-state index contributed by atoms with van der Waals surface area (Å²) in [6.45, 7) is -0.250. The van der Waals surface area contributed by atoms with Crippen molar-refractivity contribution in [3.63, 3.8) is 0 Å². The third kappa shape index (κ3) is 6.75. The van der Waals surface area contributed by atoms with E-state index in [1.165, 1.54) is 6.07 Å². The van der Waals surface area contributed by atoms with Gasteiger partial charge in [0.2, 0.25) is 5.91 Å². The van der Waals surface area contributed by atoms with Gasteiger partial charge >= 0.3 is 6.18 Å². The van der Waals surface area contributed by atoms with E-state index in [1.807, 2.05) is 0 Å². The van der Waals surface area contributed by atoms with Crippen LogP contribution in [0.25, 0.3) is 0 Å². The number of rotatable bonds is 3. The summed E-state index contributed by atoms with van der Waals surface area (Å²) in [5.74, 6) is -2.58. The number of benzene rings is 2. The Labute approximate surface area is 183 Å². The molecule has 2 aromatic carbocycles. The summed E-state index contributed by atoms with van der Waals surface area (Å²) in [4.78, 5) is 20.9. The lowest BCUT2D eigenvalue weighted by Crippen LogP contribution is -2.28. The molecular weight excluding hydrogens is 489 g/mol. The third-order valence-corrected chi connectivity index (χ3v) is 5.49. The van der Waals surface area contributed by atoms with E-state index in [1.54, 1.807) is 12.1 Å². The van der Waals surface area contributed by atoms with Gasteiger partial charge in [0.25, 0.3) is 6.47 Å². The minimum Gasteiger partial charge on any atom is -0.483 e.